The molecule has 0 saturated carbocycles. The molecular weight excluding hydrogens is 341 g/mol. The number of amidine groups is 1. The second kappa shape index (κ2) is 6.57. The van der Waals surface area contributed by atoms with E-state index in [0.717, 1.165) is 6.08 Å². The Morgan fingerprint density at radius 1 is 1.44 bits per heavy atom. The zero-order valence-electron chi connectivity index (χ0n) is 13.0. The molecule has 0 fully saturated rings. The largest absolute Gasteiger partial charge is 0.412 e. The third-order valence-electron chi connectivity index (χ3n) is 3.78. The van der Waals surface area contributed by atoms with Gasteiger partial charge in [-0.2, -0.15) is 13.2 Å². The van der Waals surface area contributed by atoms with E-state index in [1.54, 1.807) is 4.90 Å². The first-order chi connectivity index (χ1) is 11.8. The highest BCUT2D eigenvalue weighted by Gasteiger charge is 2.35. The van der Waals surface area contributed by atoms with Gasteiger partial charge < -0.3 is 16.0 Å². The Kier molecular flexibility index (Phi) is 4.47. The molecule has 1 aromatic rings. The molecule has 0 radical (unpaired) electrons. The molecule has 3 rings (SSSR count). The predicted octanol–water partition coefficient (Wildman–Crippen LogP) is 0.647. The zero-order valence-corrected chi connectivity index (χ0v) is 13.0. The molecule has 1 aliphatic heterocycles. The number of nitrogen functional groups attached to an aromatic ring is 1. The number of nitrogens with zero attached hydrogens (tertiary/aromatic N) is 4. The minimum absolute atomic E-state index is 0.0567. The summed E-state index contributed by atoms with van der Waals surface area (Å²) in [6.07, 6.45) is -0.880. The van der Waals surface area contributed by atoms with Crippen LogP contribution in [0.4, 0.5) is 19.0 Å². The van der Waals surface area contributed by atoms with Crippen LogP contribution in [0.15, 0.2) is 33.4 Å². The number of hydrogen-bond donors (Lipinski definition) is 2. The molecule has 1 aliphatic carbocycles. The Morgan fingerprint density at radius 2 is 2.24 bits per heavy atom. The van der Waals surface area contributed by atoms with Crippen molar-refractivity contribution in [1.82, 2.24) is 20.5 Å². The van der Waals surface area contributed by atoms with E-state index in [1.807, 2.05) is 0 Å². The number of nitrogens with two attached hydrogens (primary N) is 1. The number of anilines is 1. The lowest BCUT2D eigenvalue weighted by Crippen LogP contribution is -2.44. The molecule has 1 atom stereocenters. The van der Waals surface area contributed by atoms with Crippen LogP contribution in [0.5, 0.6) is 0 Å². The normalized spacial score (nSPS) is 20.4. The number of carbonyl (C=O) groups is 1. The Balaban J connectivity index is 1.59. The highest BCUT2D eigenvalue weighted by Crippen LogP contribution is 2.31. The average Bonchev–Trinajstić information content (AvgIpc) is 3.15. The number of nitrogens with one attached hydrogen (secondary N) is 1. The van der Waals surface area contributed by atoms with E-state index in [1.165, 1.54) is 12.2 Å². The van der Waals surface area contributed by atoms with Crippen molar-refractivity contribution in [1.29, 1.82) is 0 Å². The van der Waals surface area contributed by atoms with Gasteiger partial charge in [0, 0.05) is 18.5 Å². The molecular formula is C14H15F3N6O2. The van der Waals surface area contributed by atoms with Gasteiger partial charge in [-0.15, -0.1) is 0 Å². The van der Waals surface area contributed by atoms with Crippen LogP contribution < -0.4 is 11.1 Å². The first-order valence-electron chi connectivity index (χ1n) is 7.46. The molecule has 0 spiro atoms. The molecule has 11 heteroatoms. The maximum Gasteiger partial charge on any atom is 0.412 e. The van der Waals surface area contributed by atoms with Crippen LogP contribution in [0.25, 0.3) is 0 Å². The van der Waals surface area contributed by atoms with Crippen LogP contribution in [0.3, 0.4) is 0 Å². The maximum atomic E-state index is 12.8. The van der Waals surface area contributed by atoms with Crippen LogP contribution >= 0.6 is 0 Å². The summed E-state index contributed by atoms with van der Waals surface area (Å²) >= 11 is 0. The molecule has 25 heavy (non-hydrogen) atoms. The first kappa shape index (κ1) is 17.0. The van der Waals surface area contributed by atoms with Gasteiger partial charge in [0.2, 0.25) is 5.91 Å². The highest BCUT2D eigenvalue weighted by molar-refractivity contribution is 6.02. The van der Waals surface area contributed by atoms with Gasteiger partial charge in [0.15, 0.2) is 17.3 Å². The fraction of sp³-hybridized carbons (Fsp3) is 0.429. The number of alkyl halides is 3. The van der Waals surface area contributed by atoms with E-state index >= 15 is 0 Å². The van der Waals surface area contributed by atoms with Crippen molar-refractivity contribution in [2.75, 3.05) is 25.4 Å². The average molecular weight is 356 g/mol. The molecule has 8 nitrogen and oxygen atoms in total. The lowest BCUT2D eigenvalue weighted by Gasteiger charge is -2.23. The standard InChI is InChI=1S/C14H15F3N6O2/c15-14(16,17)8-2-1-3-9(6-8)20-10(24)7-23-5-4-19-13(23)11-12(18)22-25-21-11/h1-3,9H,4-7H2,(H2,18,22)(H,20,24). The van der Waals surface area contributed by atoms with Gasteiger partial charge in [-0.25, -0.2) is 4.63 Å². The molecule has 0 saturated heterocycles. The van der Waals surface area contributed by atoms with Crippen LogP contribution in [-0.2, 0) is 4.79 Å². The number of hydrogen-bond acceptors (Lipinski definition) is 7. The fourth-order valence-corrected chi connectivity index (χ4v) is 2.63. The summed E-state index contributed by atoms with van der Waals surface area (Å²) in [7, 11) is 0. The molecule has 1 unspecified atom stereocenters. The van der Waals surface area contributed by atoms with Crippen molar-refractivity contribution in [3.05, 3.63) is 29.5 Å². The summed E-state index contributed by atoms with van der Waals surface area (Å²) < 4.78 is 42.8. The first-order valence-corrected chi connectivity index (χ1v) is 7.46. The Labute approximate surface area is 140 Å². The van der Waals surface area contributed by atoms with Crippen LogP contribution in [-0.4, -0.2) is 58.8 Å². The van der Waals surface area contributed by atoms with Gasteiger partial charge in [0.05, 0.1) is 19.1 Å². The zero-order chi connectivity index (χ0) is 18.0. The fourth-order valence-electron chi connectivity index (χ4n) is 2.63. The number of rotatable bonds is 4. The van der Waals surface area contributed by atoms with Crippen molar-refractivity contribution in [2.45, 2.75) is 18.6 Å². The Hall–Kier alpha value is -2.85. The lowest BCUT2D eigenvalue weighted by molar-refractivity contribution is -0.122. The minimum atomic E-state index is -4.40. The van der Waals surface area contributed by atoms with Crippen LogP contribution in [0, 0.1) is 0 Å². The lowest BCUT2D eigenvalue weighted by atomic mass is 10.00. The summed E-state index contributed by atoms with van der Waals surface area (Å²) in [5.74, 6) is 0.00731. The summed E-state index contributed by atoms with van der Waals surface area (Å²) in [4.78, 5) is 18.0. The Bertz CT molecular complexity index is 752. The number of aromatic nitrogens is 2. The second-order valence-electron chi connectivity index (χ2n) is 5.58. The molecule has 134 valence electrons. The van der Waals surface area contributed by atoms with E-state index in [2.05, 4.69) is 25.3 Å². The van der Waals surface area contributed by atoms with Gasteiger partial charge >= 0.3 is 6.18 Å². The monoisotopic (exact) mass is 356 g/mol. The Morgan fingerprint density at radius 3 is 2.92 bits per heavy atom. The van der Waals surface area contributed by atoms with E-state index in [9.17, 15) is 18.0 Å². The van der Waals surface area contributed by atoms with Crippen molar-refractivity contribution in [2.24, 2.45) is 4.99 Å². The number of allylic oxidation sites excluding steroid dienone is 2. The van der Waals surface area contributed by atoms with Crippen molar-refractivity contribution in [3.8, 4) is 0 Å². The maximum absolute atomic E-state index is 12.8. The van der Waals surface area contributed by atoms with Crippen LogP contribution in [0.2, 0.25) is 0 Å². The number of aliphatic imine (C=N–C) groups is 1. The SMILES string of the molecule is Nc1nonc1C1=NCCN1CC(=O)NC1C=CC=C(C(F)(F)F)C1. The summed E-state index contributed by atoms with van der Waals surface area (Å²) in [6.45, 7) is 0.822. The third kappa shape index (κ3) is 3.80. The second-order valence-corrected chi connectivity index (χ2v) is 5.58. The smallest absolute Gasteiger partial charge is 0.379 e. The summed E-state index contributed by atoms with van der Waals surface area (Å²) in [6, 6.07) is -0.712. The quantitative estimate of drug-likeness (QED) is 0.820. The topological polar surface area (TPSA) is 110 Å². The van der Waals surface area contributed by atoms with E-state index < -0.39 is 23.7 Å². The van der Waals surface area contributed by atoms with E-state index in [4.69, 9.17) is 5.73 Å². The molecule has 0 aromatic carbocycles. The number of carbonyl (C=O) groups excluding carboxylic acids is 1. The number of amides is 1. The van der Waals surface area contributed by atoms with Crippen LogP contribution in [0.1, 0.15) is 12.1 Å². The molecule has 2 aliphatic rings. The summed E-state index contributed by atoms with van der Waals surface area (Å²) in [5.41, 5.74) is 5.19. The van der Waals surface area contributed by atoms with E-state index in [0.29, 0.717) is 18.9 Å². The molecule has 1 aromatic heterocycles. The number of halogens is 3. The minimum Gasteiger partial charge on any atom is -0.379 e. The molecule has 0 bridgehead atoms. The highest BCUT2D eigenvalue weighted by atomic mass is 19.4. The van der Waals surface area contributed by atoms with Gasteiger partial charge in [-0.05, 0) is 10.3 Å². The van der Waals surface area contributed by atoms with Gasteiger partial charge in [0.1, 0.15) is 0 Å². The van der Waals surface area contributed by atoms with Crippen molar-refractivity contribution < 1.29 is 22.6 Å². The van der Waals surface area contributed by atoms with Gasteiger partial charge in [0.25, 0.3) is 0 Å². The van der Waals surface area contributed by atoms with Crippen molar-refractivity contribution >= 4 is 17.6 Å². The summed E-state index contributed by atoms with van der Waals surface area (Å²) in [5, 5.41) is 9.68. The van der Waals surface area contributed by atoms with Gasteiger partial charge in [-0.1, -0.05) is 18.2 Å². The predicted molar refractivity (Wildman–Crippen MR) is 81.5 cm³/mol. The van der Waals surface area contributed by atoms with Gasteiger partial charge in [-0.3, -0.25) is 9.79 Å². The third-order valence-corrected chi connectivity index (χ3v) is 3.78. The van der Waals surface area contributed by atoms with E-state index in [-0.39, 0.29) is 24.5 Å². The molecule has 2 heterocycles. The van der Waals surface area contributed by atoms with Crippen molar-refractivity contribution in [3.63, 3.8) is 0 Å². The molecule has 1 amide bonds. The molecule has 3 N–H and O–H groups in total.